The summed E-state index contributed by atoms with van der Waals surface area (Å²) in [5.41, 5.74) is 0.771. The number of carbonyl (C=O) groups excluding carboxylic acids is 1. The molecule has 0 atom stereocenters. The molecule has 0 aromatic carbocycles. The molecule has 0 aliphatic rings. The molecule has 0 radical (unpaired) electrons. The summed E-state index contributed by atoms with van der Waals surface area (Å²) in [7, 11) is 1.54. The fraction of sp³-hybridized carbons (Fsp3) is 0.267. The highest BCUT2D eigenvalue weighted by atomic mass is 19.4. The molecule has 8 heteroatoms. The average Bonchev–Trinajstić information content (AvgIpc) is 2.53. The summed E-state index contributed by atoms with van der Waals surface area (Å²) >= 11 is 0. The zero-order valence-corrected chi connectivity index (χ0v) is 12.2. The SMILES string of the molecule is CN(Cc1cccnc1)C(=O)c1cccnc1OCC(F)(F)F. The van der Waals surface area contributed by atoms with E-state index in [4.69, 9.17) is 0 Å². The van der Waals surface area contributed by atoms with Crippen molar-refractivity contribution in [2.75, 3.05) is 13.7 Å². The van der Waals surface area contributed by atoms with Gasteiger partial charge in [0.25, 0.3) is 5.91 Å². The Labute approximate surface area is 130 Å². The van der Waals surface area contributed by atoms with Crippen molar-refractivity contribution in [2.24, 2.45) is 0 Å². The molecule has 2 aromatic rings. The number of hydrogen-bond acceptors (Lipinski definition) is 4. The van der Waals surface area contributed by atoms with Gasteiger partial charge in [0.05, 0.1) is 0 Å². The maximum atomic E-state index is 12.4. The molecule has 23 heavy (non-hydrogen) atoms. The Morgan fingerprint density at radius 1 is 1.26 bits per heavy atom. The lowest BCUT2D eigenvalue weighted by Gasteiger charge is -2.18. The lowest BCUT2D eigenvalue weighted by atomic mass is 10.2. The maximum Gasteiger partial charge on any atom is 0.422 e. The molecule has 122 valence electrons. The predicted molar refractivity (Wildman–Crippen MR) is 75.8 cm³/mol. The van der Waals surface area contributed by atoms with Crippen molar-refractivity contribution < 1.29 is 22.7 Å². The second-order valence-corrected chi connectivity index (χ2v) is 4.78. The van der Waals surface area contributed by atoms with E-state index in [0.29, 0.717) is 0 Å². The molecule has 0 saturated heterocycles. The second-order valence-electron chi connectivity index (χ2n) is 4.78. The molecule has 0 aliphatic heterocycles. The predicted octanol–water partition coefficient (Wildman–Crippen LogP) is 2.69. The number of pyridine rings is 2. The standard InChI is InChI=1S/C15H14F3N3O2/c1-21(9-11-4-2-6-19-8-11)14(22)12-5-3-7-20-13(12)23-10-15(16,17)18/h2-8H,9-10H2,1H3. The summed E-state index contributed by atoms with van der Waals surface area (Å²) in [5.74, 6) is -0.827. The van der Waals surface area contributed by atoms with Crippen molar-refractivity contribution in [3.63, 3.8) is 0 Å². The molecule has 0 N–H and O–H groups in total. The molecule has 2 heterocycles. The highest BCUT2D eigenvalue weighted by molar-refractivity contribution is 5.96. The van der Waals surface area contributed by atoms with E-state index < -0.39 is 18.7 Å². The van der Waals surface area contributed by atoms with Crippen molar-refractivity contribution in [3.8, 4) is 5.88 Å². The minimum atomic E-state index is -4.50. The van der Waals surface area contributed by atoms with E-state index in [1.54, 1.807) is 24.5 Å². The van der Waals surface area contributed by atoms with Crippen LogP contribution in [0.1, 0.15) is 15.9 Å². The van der Waals surface area contributed by atoms with E-state index in [1.165, 1.54) is 30.3 Å². The van der Waals surface area contributed by atoms with E-state index in [0.717, 1.165) is 5.56 Å². The number of aromatic nitrogens is 2. The molecule has 2 aromatic heterocycles. The van der Waals surface area contributed by atoms with Crippen LogP contribution >= 0.6 is 0 Å². The van der Waals surface area contributed by atoms with Gasteiger partial charge in [0.1, 0.15) is 5.56 Å². The minimum Gasteiger partial charge on any atom is -0.467 e. The Morgan fingerprint density at radius 2 is 2.00 bits per heavy atom. The molecule has 0 aliphatic carbocycles. The summed E-state index contributed by atoms with van der Waals surface area (Å²) in [5, 5.41) is 0. The van der Waals surface area contributed by atoms with Gasteiger partial charge in [-0.05, 0) is 23.8 Å². The first-order valence-electron chi connectivity index (χ1n) is 6.66. The first-order chi connectivity index (χ1) is 10.9. The lowest BCUT2D eigenvalue weighted by Crippen LogP contribution is -2.28. The van der Waals surface area contributed by atoms with Gasteiger partial charge in [0, 0.05) is 32.2 Å². The van der Waals surface area contributed by atoms with E-state index in [9.17, 15) is 18.0 Å². The van der Waals surface area contributed by atoms with Crippen molar-refractivity contribution in [1.29, 1.82) is 0 Å². The molecule has 0 spiro atoms. The number of ether oxygens (including phenoxy) is 1. The minimum absolute atomic E-state index is 0.0249. The summed E-state index contributed by atoms with van der Waals surface area (Å²) in [4.78, 5) is 21.4. The van der Waals surface area contributed by atoms with Crippen LogP contribution in [0.2, 0.25) is 0 Å². The molecule has 5 nitrogen and oxygen atoms in total. The van der Waals surface area contributed by atoms with E-state index >= 15 is 0 Å². The van der Waals surface area contributed by atoms with Gasteiger partial charge in [0.15, 0.2) is 6.61 Å². The summed E-state index contributed by atoms with van der Waals surface area (Å²) in [6.45, 7) is -1.24. The zero-order valence-electron chi connectivity index (χ0n) is 12.2. The van der Waals surface area contributed by atoms with Gasteiger partial charge < -0.3 is 9.64 Å². The Bertz CT molecular complexity index is 663. The first kappa shape index (κ1) is 16.7. The number of carbonyl (C=O) groups is 1. The van der Waals surface area contributed by atoms with Crippen LogP contribution in [0.15, 0.2) is 42.9 Å². The van der Waals surface area contributed by atoms with Gasteiger partial charge >= 0.3 is 6.18 Å². The van der Waals surface area contributed by atoms with Gasteiger partial charge in [-0.3, -0.25) is 9.78 Å². The Kier molecular flexibility index (Phi) is 5.15. The van der Waals surface area contributed by atoms with Crippen molar-refractivity contribution in [1.82, 2.24) is 14.9 Å². The Balaban J connectivity index is 2.12. The van der Waals surface area contributed by atoms with Gasteiger partial charge in [0.2, 0.25) is 5.88 Å². The van der Waals surface area contributed by atoms with Crippen LogP contribution in [0.4, 0.5) is 13.2 Å². The highest BCUT2D eigenvalue weighted by Gasteiger charge is 2.30. The third-order valence-corrected chi connectivity index (χ3v) is 2.86. The number of hydrogen-bond donors (Lipinski definition) is 0. The van der Waals surface area contributed by atoms with Crippen LogP contribution in [0, 0.1) is 0 Å². The molecule has 1 amide bonds. The smallest absolute Gasteiger partial charge is 0.422 e. The molecule has 0 fully saturated rings. The molecular formula is C15H14F3N3O2. The topological polar surface area (TPSA) is 55.3 Å². The van der Waals surface area contributed by atoms with Crippen LogP contribution < -0.4 is 4.74 Å². The normalized spacial score (nSPS) is 11.1. The van der Waals surface area contributed by atoms with Gasteiger partial charge in [-0.1, -0.05) is 6.07 Å². The van der Waals surface area contributed by atoms with E-state index in [2.05, 4.69) is 14.7 Å². The molecule has 0 bridgehead atoms. The fourth-order valence-electron chi connectivity index (χ4n) is 1.86. The van der Waals surface area contributed by atoms with Gasteiger partial charge in [-0.15, -0.1) is 0 Å². The van der Waals surface area contributed by atoms with E-state index in [1.807, 2.05) is 0 Å². The Hall–Kier alpha value is -2.64. The molecule has 0 unspecified atom stereocenters. The van der Waals surface area contributed by atoms with Crippen LogP contribution in [-0.2, 0) is 6.54 Å². The first-order valence-corrected chi connectivity index (χ1v) is 6.66. The summed E-state index contributed by atoms with van der Waals surface area (Å²) in [6, 6.07) is 6.36. The number of amides is 1. The average molecular weight is 325 g/mol. The molecular weight excluding hydrogens is 311 g/mol. The number of rotatable bonds is 5. The fourth-order valence-corrected chi connectivity index (χ4v) is 1.86. The number of alkyl halides is 3. The molecule has 2 rings (SSSR count). The third-order valence-electron chi connectivity index (χ3n) is 2.86. The van der Waals surface area contributed by atoms with Gasteiger partial charge in [-0.25, -0.2) is 4.98 Å². The van der Waals surface area contributed by atoms with Crippen LogP contribution in [0.5, 0.6) is 5.88 Å². The monoisotopic (exact) mass is 325 g/mol. The zero-order chi connectivity index (χ0) is 16.9. The van der Waals surface area contributed by atoms with Crippen LogP contribution in [0.25, 0.3) is 0 Å². The summed E-state index contributed by atoms with van der Waals surface area (Å²) in [6.07, 6.45) is -0.0212. The van der Waals surface area contributed by atoms with Gasteiger partial charge in [-0.2, -0.15) is 13.2 Å². The van der Waals surface area contributed by atoms with E-state index in [-0.39, 0.29) is 18.0 Å². The van der Waals surface area contributed by atoms with Crippen molar-refractivity contribution in [3.05, 3.63) is 54.0 Å². The van der Waals surface area contributed by atoms with Crippen LogP contribution in [-0.4, -0.2) is 40.6 Å². The lowest BCUT2D eigenvalue weighted by molar-refractivity contribution is -0.154. The molecule has 0 saturated carbocycles. The third kappa shape index (κ3) is 4.94. The largest absolute Gasteiger partial charge is 0.467 e. The second kappa shape index (κ2) is 7.08. The maximum absolute atomic E-state index is 12.4. The number of halogens is 3. The van der Waals surface area contributed by atoms with Crippen molar-refractivity contribution >= 4 is 5.91 Å². The Morgan fingerprint density at radius 3 is 2.65 bits per heavy atom. The summed E-state index contributed by atoms with van der Waals surface area (Å²) < 4.78 is 41.4. The quantitative estimate of drug-likeness (QED) is 0.848. The van der Waals surface area contributed by atoms with Crippen molar-refractivity contribution in [2.45, 2.75) is 12.7 Å². The highest BCUT2D eigenvalue weighted by Crippen LogP contribution is 2.21. The van der Waals surface area contributed by atoms with Crippen LogP contribution in [0.3, 0.4) is 0 Å². The number of nitrogens with zero attached hydrogens (tertiary/aromatic N) is 3.